The van der Waals surface area contributed by atoms with Gasteiger partial charge in [-0.05, 0) is 75.5 Å². The van der Waals surface area contributed by atoms with E-state index in [0.29, 0.717) is 41.2 Å². The number of aromatic nitrogens is 2. The van der Waals surface area contributed by atoms with Gasteiger partial charge in [0, 0.05) is 24.2 Å². The molecule has 2 atom stereocenters. The van der Waals surface area contributed by atoms with E-state index >= 15 is 0 Å². The smallest absolute Gasteiger partial charge is 0.254 e. The molecule has 1 aromatic rings. The van der Waals surface area contributed by atoms with E-state index < -0.39 is 5.60 Å². The number of carbonyl (C=O) groups excluding carboxylic acids is 1. The summed E-state index contributed by atoms with van der Waals surface area (Å²) in [6.45, 7) is 0. The lowest BCUT2D eigenvalue weighted by Crippen LogP contribution is -2.61. The second-order valence-corrected chi connectivity index (χ2v) is 11.3. The Labute approximate surface area is 185 Å². The third-order valence-corrected chi connectivity index (χ3v) is 9.03. The molecule has 1 heterocycles. The van der Waals surface area contributed by atoms with Gasteiger partial charge in [0.2, 0.25) is 5.95 Å². The van der Waals surface area contributed by atoms with Crippen LogP contribution in [0.15, 0.2) is 6.20 Å². The molecule has 0 aliphatic heterocycles. The Balaban J connectivity index is 1.23. The van der Waals surface area contributed by atoms with Crippen LogP contribution in [0.1, 0.15) is 105 Å². The van der Waals surface area contributed by atoms with Crippen molar-refractivity contribution in [2.45, 2.75) is 107 Å². The number of rotatable bonds is 5. The summed E-state index contributed by atoms with van der Waals surface area (Å²) in [5.41, 5.74) is 1.16. The fraction of sp³-hybridized carbons (Fsp3) is 0.800. The van der Waals surface area contributed by atoms with Crippen molar-refractivity contribution in [2.75, 3.05) is 5.32 Å². The summed E-state index contributed by atoms with van der Waals surface area (Å²) in [7, 11) is 0. The molecule has 3 N–H and O–H groups in total. The molecule has 1 amide bonds. The molecule has 6 aliphatic carbocycles. The Hall–Kier alpha value is -1.69. The second kappa shape index (κ2) is 7.72. The first-order valence-electron chi connectivity index (χ1n) is 12.7. The molecule has 168 valence electrons. The van der Waals surface area contributed by atoms with Crippen molar-refractivity contribution in [1.29, 1.82) is 0 Å². The first-order valence-corrected chi connectivity index (χ1v) is 12.7. The summed E-state index contributed by atoms with van der Waals surface area (Å²) in [6, 6.07) is 0.659. The summed E-state index contributed by atoms with van der Waals surface area (Å²) in [5, 5.41) is 17.8. The van der Waals surface area contributed by atoms with Crippen molar-refractivity contribution < 1.29 is 9.90 Å². The Bertz CT molecular complexity index is 830. The predicted molar refractivity (Wildman–Crippen MR) is 119 cm³/mol. The van der Waals surface area contributed by atoms with Gasteiger partial charge >= 0.3 is 0 Å². The van der Waals surface area contributed by atoms with Crippen LogP contribution in [0.5, 0.6) is 0 Å². The van der Waals surface area contributed by atoms with Crippen LogP contribution < -0.4 is 10.6 Å². The van der Waals surface area contributed by atoms with Gasteiger partial charge in [-0.3, -0.25) is 4.79 Å². The topological polar surface area (TPSA) is 87.1 Å². The van der Waals surface area contributed by atoms with Gasteiger partial charge in [-0.2, -0.15) is 0 Å². The van der Waals surface area contributed by atoms with Crippen LogP contribution in [-0.4, -0.2) is 38.7 Å². The van der Waals surface area contributed by atoms with Crippen LogP contribution in [0.2, 0.25) is 0 Å². The number of amides is 1. The maximum absolute atomic E-state index is 13.5. The normalized spacial score (nSPS) is 37.5. The predicted octanol–water partition coefficient (Wildman–Crippen LogP) is 4.16. The molecule has 6 heteroatoms. The van der Waals surface area contributed by atoms with E-state index in [2.05, 4.69) is 15.6 Å². The zero-order valence-corrected chi connectivity index (χ0v) is 18.5. The summed E-state index contributed by atoms with van der Waals surface area (Å²) in [4.78, 5) is 23.0. The molecule has 6 fully saturated rings. The van der Waals surface area contributed by atoms with Crippen molar-refractivity contribution in [3.05, 3.63) is 17.5 Å². The average Bonchev–Trinajstić information content (AvgIpc) is 3.43. The lowest BCUT2D eigenvalue weighted by molar-refractivity contribution is -0.136. The Morgan fingerprint density at radius 2 is 1.68 bits per heavy atom. The Morgan fingerprint density at radius 3 is 2.35 bits per heavy atom. The van der Waals surface area contributed by atoms with E-state index in [1.165, 1.54) is 38.5 Å². The summed E-state index contributed by atoms with van der Waals surface area (Å²) < 4.78 is 0. The zero-order valence-electron chi connectivity index (χ0n) is 18.5. The number of hydrogen-bond acceptors (Lipinski definition) is 5. The van der Waals surface area contributed by atoms with Gasteiger partial charge in [0.15, 0.2) is 0 Å². The Kier molecular flexibility index (Phi) is 4.97. The van der Waals surface area contributed by atoms with E-state index in [-0.39, 0.29) is 11.9 Å². The maximum Gasteiger partial charge on any atom is 0.254 e. The van der Waals surface area contributed by atoms with Gasteiger partial charge in [-0.1, -0.05) is 25.7 Å². The molecule has 4 bridgehead atoms. The fourth-order valence-corrected chi connectivity index (χ4v) is 7.85. The number of carbonyl (C=O) groups is 1. The van der Waals surface area contributed by atoms with Crippen LogP contribution in [0.25, 0.3) is 0 Å². The van der Waals surface area contributed by atoms with E-state index in [1.54, 1.807) is 6.20 Å². The molecule has 7 rings (SSSR count). The number of nitrogens with zero attached hydrogens (tertiary/aromatic N) is 2. The van der Waals surface area contributed by atoms with E-state index in [1.807, 2.05) is 0 Å². The maximum atomic E-state index is 13.5. The highest BCUT2D eigenvalue weighted by Gasteiger charge is 2.55. The van der Waals surface area contributed by atoms with Crippen molar-refractivity contribution >= 4 is 11.9 Å². The highest BCUT2D eigenvalue weighted by Crippen LogP contribution is 2.55. The lowest BCUT2D eigenvalue weighted by atomic mass is 9.52. The van der Waals surface area contributed by atoms with Gasteiger partial charge in [-0.25, -0.2) is 9.97 Å². The van der Waals surface area contributed by atoms with E-state index in [4.69, 9.17) is 4.98 Å². The van der Waals surface area contributed by atoms with Crippen molar-refractivity contribution in [3.8, 4) is 0 Å². The van der Waals surface area contributed by atoms with Crippen molar-refractivity contribution in [3.63, 3.8) is 0 Å². The quantitative estimate of drug-likeness (QED) is 0.661. The minimum atomic E-state index is -0.469. The van der Waals surface area contributed by atoms with Crippen molar-refractivity contribution in [1.82, 2.24) is 15.3 Å². The summed E-state index contributed by atoms with van der Waals surface area (Å²) in [6.07, 6.45) is 16.3. The monoisotopic (exact) mass is 424 g/mol. The molecule has 6 nitrogen and oxygen atoms in total. The molecule has 0 aromatic carbocycles. The van der Waals surface area contributed by atoms with Gasteiger partial charge in [-0.15, -0.1) is 0 Å². The first-order chi connectivity index (χ1) is 15.1. The molecule has 0 radical (unpaired) electrons. The highest BCUT2D eigenvalue weighted by atomic mass is 16.3. The molecule has 0 spiro atoms. The van der Waals surface area contributed by atoms with E-state index in [0.717, 1.165) is 50.6 Å². The van der Waals surface area contributed by atoms with Crippen LogP contribution >= 0.6 is 0 Å². The summed E-state index contributed by atoms with van der Waals surface area (Å²) in [5.74, 6) is 2.54. The second-order valence-electron chi connectivity index (χ2n) is 11.3. The zero-order chi connectivity index (χ0) is 21.0. The third-order valence-electron chi connectivity index (χ3n) is 9.03. The molecule has 0 saturated heterocycles. The standard InChI is InChI=1S/C25H36N4O2/c30-23(28-21-17-9-15-10-18(21)13-25(31,11-15)12-17)20-14-26-24(27-19-7-3-4-8-19)29-22(20)16-5-1-2-6-16/h14-19,21,31H,1-13H2,(H,28,30)(H,26,27,29)/t15?,17?,18?,21-,25+. The molecule has 31 heavy (non-hydrogen) atoms. The van der Waals surface area contributed by atoms with Crippen molar-refractivity contribution in [2.24, 2.45) is 17.8 Å². The summed E-state index contributed by atoms with van der Waals surface area (Å²) >= 11 is 0. The lowest BCUT2D eigenvalue weighted by Gasteiger charge is -2.58. The SMILES string of the molecule is O=C(N[C@H]1C2CC3CC1C[C@@](O)(C3)C2)c1cnc(NC2CCCC2)nc1C1CCCC1. The van der Waals surface area contributed by atoms with Gasteiger partial charge < -0.3 is 15.7 Å². The largest absolute Gasteiger partial charge is 0.390 e. The molecule has 1 aromatic heterocycles. The minimum absolute atomic E-state index is 0.00113. The minimum Gasteiger partial charge on any atom is -0.390 e. The molecule has 2 unspecified atom stereocenters. The van der Waals surface area contributed by atoms with Crippen LogP contribution in [0.3, 0.4) is 0 Å². The molecular weight excluding hydrogens is 388 g/mol. The molecule has 6 saturated carbocycles. The highest BCUT2D eigenvalue weighted by molar-refractivity contribution is 5.95. The van der Waals surface area contributed by atoms with E-state index in [9.17, 15) is 9.90 Å². The number of hydrogen-bond donors (Lipinski definition) is 3. The van der Waals surface area contributed by atoms with Crippen LogP contribution in [0.4, 0.5) is 5.95 Å². The average molecular weight is 425 g/mol. The third kappa shape index (κ3) is 3.75. The fourth-order valence-electron chi connectivity index (χ4n) is 7.85. The number of anilines is 1. The van der Waals surface area contributed by atoms with Gasteiger partial charge in [0.1, 0.15) is 0 Å². The number of nitrogens with one attached hydrogen (secondary N) is 2. The number of aliphatic hydroxyl groups is 1. The van der Waals surface area contributed by atoms with Gasteiger partial charge in [0.25, 0.3) is 5.91 Å². The molecule has 6 aliphatic rings. The Morgan fingerprint density at radius 1 is 1.00 bits per heavy atom. The van der Waals surface area contributed by atoms with Gasteiger partial charge in [0.05, 0.1) is 16.9 Å². The van der Waals surface area contributed by atoms with Crippen LogP contribution in [0, 0.1) is 17.8 Å². The van der Waals surface area contributed by atoms with Crippen LogP contribution in [-0.2, 0) is 0 Å². The first kappa shape index (κ1) is 20.0. The molecular formula is C25H36N4O2.